The Labute approximate surface area is 103 Å². The third-order valence-corrected chi connectivity index (χ3v) is 2.47. The Kier molecular flexibility index (Phi) is 3.17. The van der Waals surface area contributed by atoms with Crippen molar-refractivity contribution in [1.82, 2.24) is 0 Å². The average molecular weight is 246 g/mol. The number of rotatable bonds is 2. The molecule has 17 heavy (non-hydrogen) atoms. The van der Waals surface area contributed by atoms with Crippen molar-refractivity contribution in [2.45, 2.75) is 0 Å². The van der Waals surface area contributed by atoms with Gasteiger partial charge in [0.05, 0.1) is 10.6 Å². The first-order valence-corrected chi connectivity index (χ1v) is 5.24. The number of halogens is 1. The largest absolute Gasteiger partial charge is 0.504 e. The summed E-state index contributed by atoms with van der Waals surface area (Å²) in [7, 11) is 0. The van der Waals surface area contributed by atoms with E-state index >= 15 is 0 Å². The van der Waals surface area contributed by atoms with E-state index in [9.17, 15) is 5.11 Å². The van der Waals surface area contributed by atoms with Crippen LogP contribution in [0.25, 0.3) is 0 Å². The van der Waals surface area contributed by atoms with Gasteiger partial charge in [0.15, 0.2) is 11.5 Å². The Morgan fingerprint density at radius 1 is 1.18 bits per heavy atom. The van der Waals surface area contributed by atoms with Crippen molar-refractivity contribution >= 4 is 11.6 Å². The van der Waals surface area contributed by atoms with Crippen LogP contribution in [0.4, 0.5) is 0 Å². The van der Waals surface area contributed by atoms with Gasteiger partial charge in [0.25, 0.3) is 0 Å². The monoisotopic (exact) mass is 245 g/mol. The molecule has 0 aliphatic carbocycles. The smallest absolute Gasteiger partial charge is 0.169 e. The van der Waals surface area contributed by atoms with E-state index in [-0.39, 0.29) is 5.75 Å². The van der Waals surface area contributed by atoms with E-state index in [1.54, 1.807) is 30.3 Å². The molecule has 0 radical (unpaired) electrons. The lowest BCUT2D eigenvalue weighted by molar-refractivity contribution is 0.411. The van der Waals surface area contributed by atoms with E-state index in [0.717, 1.165) is 0 Å². The second kappa shape index (κ2) is 4.77. The van der Waals surface area contributed by atoms with Crippen molar-refractivity contribution in [2.75, 3.05) is 0 Å². The molecule has 3 nitrogen and oxygen atoms in total. The van der Waals surface area contributed by atoms with Crippen LogP contribution in [0.3, 0.4) is 0 Å². The summed E-state index contributed by atoms with van der Waals surface area (Å²) in [6.07, 6.45) is 0. The zero-order valence-electron chi connectivity index (χ0n) is 8.72. The number of hydrogen-bond acceptors (Lipinski definition) is 3. The molecule has 0 saturated carbocycles. The zero-order valence-corrected chi connectivity index (χ0v) is 9.48. The van der Waals surface area contributed by atoms with Crippen molar-refractivity contribution in [3.05, 3.63) is 53.1 Å². The molecule has 0 fully saturated rings. The average Bonchev–Trinajstić information content (AvgIpc) is 2.32. The standard InChI is InChI=1S/C13H8ClNO2/c14-11-7-10(6-5-9(11)8-15)17-13-4-2-1-3-12(13)16/h1-7,16H. The van der Waals surface area contributed by atoms with Crippen LogP contribution in [-0.4, -0.2) is 5.11 Å². The van der Waals surface area contributed by atoms with Crippen LogP contribution in [0.1, 0.15) is 5.56 Å². The van der Waals surface area contributed by atoms with Crippen molar-refractivity contribution in [2.24, 2.45) is 0 Å². The van der Waals surface area contributed by atoms with E-state index < -0.39 is 0 Å². The van der Waals surface area contributed by atoms with Crippen molar-refractivity contribution in [3.63, 3.8) is 0 Å². The van der Waals surface area contributed by atoms with Gasteiger partial charge in [-0.1, -0.05) is 23.7 Å². The highest BCUT2D eigenvalue weighted by Crippen LogP contribution is 2.31. The third-order valence-electron chi connectivity index (χ3n) is 2.15. The molecule has 4 heteroatoms. The molecule has 0 aliphatic heterocycles. The van der Waals surface area contributed by atoms with E-state index in [1.807, 2.05) is 6.07 Å². The number of ether oxygens (including phenoxy) is 1. The molecule has 0 atom stereocenters. The lowest BCUT2D eigenvalue weighted by Gasteiger charge is -2.07. The van der Waals surface area contributed by atoms with E-state index in [2.05, 4.69) is 0 Å². The minimum absolute atomic E-state index is 0.0491. The van der Waals surface area contributed by atoms with Crippen molar-refractivity contribution in [1.29, 1.82) is 5.26 Å². The molecule has 84 valence electrons. The Hall–Kier alpha value is -2.18. The van der Waals surface area contributed by atoms with Gasteiger partial charge in [-0.3, -0.25) is 0 Å². The summed E-state index contributed by atoms with van der Waals surface area (Å²) in [5.74, 6) is 0.858. The SMILES string of the molecule is N#Cc1ccc(Oc2ccccc2O)cc1Cl. The first-order valence-electron chi connectivity index (χ1n) is 4.86. The summed E-state index contributed by atoms with van der Waals surface area (Å²) in [5.41, 5.74) is 0.385. The lowest BCUT2D eigenvalue weighted by atomic mass is 10.2. The van der Waals surface area contributed by atoms with Crippen molar-refractivity contribution in [3.8, 4) is 23.3 Å². The van der Waals surface area contributed by atoms with Gasteiger partial charge in [-0.15, -0.1) is 0 Å². The van der Waals surface area contributed by atoms with E-state index in [0.29, 0.717) is 22.1 Å². The third kappa shape index (κ3) is 2.49. The second-order valence-electron chi connectivity index (χ2n) is 3.32. The Balaban J connectivity index is 2.29. The highest BCUT2D eigenvalue weighted by molar-refractivity contribution is 6.31. The number of nitrogens with zero attached hydrogens (tertiary/aromatic N) is 1. The van der Waals surface area contributed by atoms with Crippen LogP contribution in [0, 0.1) is 11.3 Å². The fourth-order valence-electron chi connectivity index (χ4n) is 1.32. The van der Waals surface area contributed by atoms with Gasteiger partial charge >= 0.3 is 0 Å². The minimum atomic E-state index is 0.0491. The highest BCUT2D eigenvalue weighted by atomic mass is 35.5. The predicted molar refractivity (Wildman–Crippen MR) is 64.3 cm³/mol. The van der Waals surface area contributed by atoms with Crippen LogP contribution >= 0.6 is 11.6 Å². The maximum Gasteiger partial charge on any atom is 0.169 e. The summed E-state index contributed by atoms with van der Waals surface area (Å²) < 4.78 is 5.45. The van der Waals surface area contributed by atoms with Gasteiger partial charge in [-0.25, -0.2) is 0 Å². The van der Waals surface area contributed by atoms with Gasteiger partial charge < -0.3 is 9.84 Å². The maximum absolute atomic E-state index is 9.53. The molecule has 0 amide bonds. The molecule has 1 N–H and O–H groups in total. The van der Waals surface area contributed by atoms with Gasteiger partial charge in [-0.2, -0.15) is 5.26 Å². The highest BCUT2D eigenvalue weighted by Gasteiger charge is 2.05. The number of hydrogen-bond donors (Lipinski definition) is 1. The van der Waals surface area contributed by atoms with E-state index in [1.165, 1.54) is 12.1 Å². The van der Waals surface area contributed by atoms with Gasteiger partial charge in [0, 0.05) is 6.07 Å². The normalized spacial score (nSPS) is 9.65. The van der Waals surface area contributed by atoms with Gasteiger partial charge in [0.1, 0.15) is 11.8 Å². The minimum Gasteiger partial charge on any atom is -0.504 e. The van der Waals surface area contributed by atoms with Gasteiger partial charge in [0.2, 0.25) is 0 Å². The quantitative estimate of drug-likeness (QED) is 0.878. The second-order valence-corrected chi connectivity index (χ2v) is 3.73. The van der Waals surface area contributed by atoms with Crippen LogP contribution in [-0.2, 0) is 0 Å². The Bertz CT molecular complexity index is 590. The number of benzene rings is 2. The molecule has 0 unspecified atom stereocenters. The summed E-state index contributed by atoms with van der Waals surface area (Å²) in [5, 5.41) is 18.6. The molecule has 0 aliphatic rings. The topological polar surface area (TPSA) is 53.2 Å². The summed E-state index contributed by atoms with van der Waals surface area (Å²) in [6, 6.07) is 13.3. The van der Waals surface area contributed by atoms with E-state index in [4.69, 9.17) is 21.6 Å². The zero-order chi connectivity index (χ0) is 12.3. The maximum atomic E-state index is 9.53. The molecular formula is C13H8ClNO2. The molecule has 0 spiro atoms. The first kappa shape index (κ1) is 11.3. The van der Waals surface area contributed by atoms with Gasteiger partial charge in [-0.05, 0) is 24.3 Å². The van der Waals surface area contributed by atoms with Crippen LogP contribution in [0.15, 0.2) is 42.5 Å². The Morgan fingerprint density at radius 2 is 1.94 bits per heavy atom. The number of aromatic hydroxyl groups is 1. The summed E-state index contributed by atoms with van der Waals surface area (Å²) >= 11 is 5.87. The van der Waals surface area contributed by atoms with Crippen molar-refractivity contribution < 1.29 is 9.84 Å². The molecule has 0 aromatic heterocycles. The van der Waals surface area contributed by atoms with Crippen LogP contribution in [0.2, 0.25) is 5.02 Å². The number of phenols is 1. The van der Waals surface area contributed by atoms with Crippen LogP contribution in [0.5, 0.6) is 17.2 Å². The lowest BCUT2D eigenvalue weighted by Crippen LogP contribution is -1.86. The fraction of sp³-hybridized carbons (Fsp3) is 0. The summed E-state index contributed by atoms with van der Waals surface area (Å²) in [4.78, 5) is 0. The predicted octanol–water partition coefficient (Wildman–Crippen LogP) is 3.71. The summed E-state index contributed by atoms with van der Waals surface area (Å²) in [6.45, 7) is 0. The fourth-order valence-corrected chi connectivity index (χ4v) is 1.53. The number of nitriles is 1. The Morgan fingerprint density at radius 3 is 2.59 bits per heavy atom. The number of para-hydroxylation sites is 2. The molecule has 2 rings (SSSR count). The molecular weight excluding hydrogens is 238 g/mol. The molecule has 0 bridgehead atoms. The van der Waals surface area contributed by atoms with Crippen LogP contribution < -0.4 is 4.74 Å². The molecule has 0 heterocycles. The molecule has 2 aromatic rings. The number of phenolic OH excluding ortho intramolecular Hbond substituents is 1. The molecule has 0 saturated heterocycles. The molecule has 2 aromatic carbocycles. The first-order chi connectivity index (χ1) is 8.20.